The maximum atomic E-state index is 12.8. The molecule has 4 rings (SSSR count). The summed E-state index contributed by atoms with van der Waals surface area (Å²) in [5, 5.41) is 3.23. The number of rotatable bonds is 0. The molecule has 2 unspecified atom stereocenters. The highest BCUT2D eigenvalue weighted by Crippen LogP contribution is 2.46. The maximum Gasteiger partial charge on any atom is 0.410 e. The second-order valence-electron chi connectivity index (χ2n) is 8.50. The molecular formula is C18H21BrClN3O4. The van der Waals surface area contributed by atoms with Gasteiger partial charge in [-0.2, -0.15) is 0 Å². The first-order valence-electron chi connectivity index (χ1n) is 8.98. The van der Waals surface area contributed by atoms with E-state index in [0.29, 0.717) is 17.3 Å². The zero-order chi connectivity index (χ0) is 19.7. The van der Waals surface area contributed by atoms with Gasteiger partial charge in [0.15, 0.2) is 0 Å². The summed E-state index contributed by atoms with van der Waals surface area (Å²) in [5.41, 5.74) is -1.54. The van der Waals surface area contributed by atoms with E-state index in [1.54, 1.807) is 4.90 Å². The molecule has 2 bridgehead atoms. The smallest absolute Gasteiger partial charge is 0.410 e. The van der Waals surface area contributed by atoms with Gasteiger partial charge in [-0.15, -0.1) is 0 Å². The lowest BCUT2D eigenvalue weighted by molar-refractivity contribution is -0.0125. The number of ether oxygens (including phenoxy) is 1. The van der Waals surface area contributed by atoms with Crippen LogP contribution in [0.5, 0.6) is 0 Å². The Morgan fingerprint density at radius 1 is 1.30 bits per heavy atom. The van der Waals surface area contributed by atoms with Crippen LogP contribution < -0.4 is 10.9 Å². The lowest BCUT2D eigenvalue weighted by Crippen LogP contribution is -2.60. The first-order chi connectivity index (χ1) is 12.5. The Kier molecular flexibility index (Phi) is 4.16. The van der Waals surface area contributed by atoms with Crippen molar-refractivity contribution in [2.75, 3.05) is 0 Å². The molecule has 4 heterocycles. The average molecular weight is 459 g/mol. The molecule has 0 aliphatic carbocycles. The summed E-state index contributed by atoms with van der Waals surface area (Å²) in [6, 6.07) is 1.25. The van der Waals surface area contributed by atoms with E-state index >= 15 is 0 Å². The lowest BCUT2D eigenvalue weighted by Gasteiger charge is -2.45. The van der Waals surface area contributed by atoms with Crippen LogP contribution in [0.3, 0.4) is 0 Å². The van der Waals surface area contributed by atoms with Crippen LogP contribution in [0, 0.1) is 0 Å². The Bertz CT molecular complexity index is 893. The van der Waals surface area contributed by atoms with E-state index in [-0.39, 0.29) is 40.4 Å². The summed E-state index contributed by atoms with van der Waals surface area (Å²) >= 11 is 9.49. The van der Waals surface area contributed by atoms with E-state index in [1.165, 1.54) is 10.6 Å². The fourth-order valence-electron chi connectivity index (χ4n) is 4.62. The number of nitrogens with zero attached hydrogens (tertiary/aromatic N) is 2. The highest BCUT2D eigenvalue weighted by molar-refractivity contribution is 9.10. The molecule has 0 saturated carbocycles. The summed E-state index contributed by atoms with van der Waals surface area (Å²) in [5.74, 6) is -0.352. The molecular weight excluding hydrogens is 438 g/mol. The molecule has 2 saturated heterocycles. The van der Waals surface area contributed by atoms with Gasteiger partial charge < -0.3 is 15.0 Å². The number of hydrogen-bond acceptors (Lipinski definition) is 4. The lowest BCUT2D eigenvalue weighted by atomic mass is 9.90. The standard InChI is InChI=1S/C18H21BrClN3O4/c1-17(2,3)27-16(26)22-9-4-5-10(22)8-18(7-9)21-14(24)13-12(20)6-11(19)15(25)23(13)18/h6,9-10H,4-5,7-8H2,1-3H3,(H,21,24). The van der Waals surface area contributed by atoms with Gasteiger partial charge in [0.2, 0.25) is 0 Å². The third-order valence-electron chi connectivity index (χ3n) is 5.47. The number of amides is 2. The van der Waals surface area contributed by atoms with Gasteiger partial charge in [-0.1, -0.05) is 11.6 Å². The van der Waals surface area contributed by atoms with Crippen LogP contribution in [0.2, 0.25) is 5.02 Å². The summed E-state index contributed by atoms with van der Waals surface area (Å²) in [4.78, 5) is 39.9. The first kappa shape index (κ1) is 18.8. The van der Waals surface area contributed by atoms with Crippen LogP contribution in [0.15, 0.2) is 15.3 Å². The molecule has 7 nitrogen and oxygen atoms in total. The fourth-order valence-corrected chi connectivity index (χ4v) is 5.44. The van der Waals surface area contributed by atoms with Gasteiger partial charge in [0.25, 0.3) is 11.5 Å². The molecule has 3 aliphatic heterocycles. The number of pyridine rings is 1. The summed E-state index contributed by atoms with van der Waals surface area (Å²) < 4.78 is 7.36. The number of nitrogens with one attached hydrogen (secondary N) is 1. The monoisotopic (exact) mass is 457 g/mol. The van der Waals surface area contributed by atoms with Gasteiger partial charge in [-0.3, -0.25) is 14.2 Å². The predicted molar refractivity (Wildman–Crippen MR) is 103 cm³/mol. The van der Waals surface area contributed by atoms with Crippen molar-refractivity contribution >= 4 is 39.5 Å². The minimum atomic E-state index is -0.860. The summed E-state index contributed by atoms with van der Waals surface area (Å²) in [7, 11) is 0. The molecule has 0 radical (unpaired) electrons. The fraction of sp³-hybridized carbons (Fsp3) is 0.611. The van der Waals surface area contributed by atoms with E-state index in [0.717, 1.165) is 12.8 Å². The van der Waals surface area contributed by atoms with Crippen LogP contribution in [0.25, 0.3) is 0 Å². The minimum absolute atomic E-state index is 0.102. The Hall–Kier alpha value is -1.54. The van der Waals surface area contributed by atoms with Gasteiger partial charge >= 0.3 is 6.09 Å². The number of fused-ring (bicyclic) bond motifs is 4. The largest absolute Gasteiger partial charge is 0.444 e. The van der Waals surface area contributed by atoms with Gasteiger partial charge in [0, 0.05) is 24.9 Å². The summed E-state index contributed by atoms with van der Waals surface area (Å²) in [6.45, 7) is 5.51. The molecule has 9 heteroatoms. The van der Waals surface area contributed by atoms with Crippen molar-refractivity contribution in [3.63, 3.8) is 0 Å². The second kappa shape index (κ2) is 5.98. The van der Waals surface area contributed by atoms with E-state index in [1.807, 2.05) is 20.8 Å². The van der Waals surface area contributed by atoms with Crippen LogP contribution in [0.4, 0.5) is 4.79 Å². The van der Waals surface area contributed by atoms with E-state index < -0.39 is 11.3 Å². The van der Waals surface area contributed by atoms with Crippen molar-refractivity contribution in [2.24, 2.45) is 0 Å². The van der Waals surface area contributed by atoms with Crippen molar-refractivity contribution in [1.82, 2.24) is 14.8 Å². The normalized spacial score (nSPS) is 29.1. The third-order valence-corrected chi connectivity index (χ3v) is 6.33. The molecule has 1 aromatic heterocycles. The molecule has 1 N–H and O–H groups in total. The van der Waals surface area contributed by atoms with E-state index in [2.05, 4.69) is 21.2 Å². The predicted octanol–water partition coefficient (Wildman–Crippen LogP) is 3.22. The van der Waals surface area contributed by atoms with Crippen LogP contribution in [-0.2, 0) is 10.4 Å². The number of hydrogen-bond donors (Lipinski definition) is 1. The van der Waals surface area contributed by atoms with Crippen molar-refractivity contribution in [3.05, 3.63) is 31.6 Å². The van der Waals surface area contributed by atoms with Crippen molar-refractivity contribution in [1.29, 1.82) is 0 Å². The Morgan fingerprint density at radius 2 is 1.89 bits per heavy atom. The molecule has 0 aromatic carbocycles. The van der Waals surface area contributed by atoms with E-state index in [4.69, 9.17) is 16.3 Å². The molecule has 1 spiro atoms. The molecule has 146 valence electrons. The van der Waals surface area contributed by atoms with Crippen LogP contribution >= 0.6 is 27.5 Å². The minimum Gasteiger partial charge on any atom is -0.444 e. The van der Waals surface area contributed by atoms with Crippen molar-refractivity contribution in [3.8, 4) is 0 Å². The zero-order valence-corrected chi connectivity index (χ0v) is 17.7. The van der Waals surface area contributed by atoms with Gasteiger partial charge in [0.05, 0.1) is 9.50 Å². The Labute approximate surface area is 170 Å². The van der Waals surface area contributed by atoms with Crippen LogP contribution in [0.1, 0.15) is 56.9 Å². The highest BCUT2D eigenvalue weighted by atomic mass is 79.9. The SMILES string of the molecule is CC(C)(C)OC(=O)N1C2CCC1CC1(C2)NC(=O)c2c(Cl)cc(Br)c(=O)n21. The Balaban J connectivity index is 1.72. The van der Waals surface area contributed by atoms with Gasteiger partial charge in [-0.05, 0) is 55.6 Å². The quantitative estimate of drug-likeness (QED) is 0.647. The van der Waals surface area contributed by atoms with E-state index in [9.17, 15) is 14.4 Å². The Morgan fingerprint density at radius 3 is 2.44 bits per heavy atom. The number of aromatic nitrogens is 1. The molecule has 2 atom stereocenters. The van der Waals surface area contributed by atoms with Crippen molar-refractivity contribution in [2.45, 2.75) is 69.8 Å². The first-order valence-corrected chi connectivity index (χ1v) is 10.1. The van der Waals surface area contributed by atoms with Crippen molar-refractivity contribution < 1.29 is 14.3 Å². The molecule has 1 aromatic rings. The zero-order valence-electron chi connectivity index (χ0n) is 15.3. The second-order valence-corrected chi connectivity index (χ2v) is 9.76. The third kappa shape index (κ3) is 2.88. The number of halogens is 2. The number of carbonyl (C=O) groups excluding carboxylic acids is 2. The molecule has 27 heavy (non-hydrogen) atoms. The molecule has 3 aliphatic rings. The summed E-state index contributed by atoms with van der Waals surface area (Å²) in [6.07, 6.45) is 2.19. The van der Waals surface area contributed by atoms with Gasteiger partial charge in [-0.25, -0.2) is 4.79 Å². The van der Waals surface area contributed by atoms with Gasteiger partial charge in [0.1, 0.15) is 17.0 Å². The van der Waals surface area contributed by atoms with Crippen LogP contribution in [-0.4, -0.2) is 39.2 Å². The molecule has 2 amide bonds. The number of piperidine rings is 1. The highest BCUT2D eigenvalue weighted by Gasteiger charge is 2.56. The maximum absolute atomic E-state index is 12.8. The topological polar surface area (TPSA) is 80.6 Å². The number of carbonyl (C=O) groups is 2. The average Bonchev–Trinajstić information content (AvgIpc) is 2.96. The molecule has 2 fully saturated rings.